The monoisotopic (exact) mass is 323 g/mol. The van der Waals surface area contributed by atoms with Crippen LogP contribution in [0.15, 0.2) is 30.3 Å². The molecule has 2 atom stereocenters. The van der Waals surface area contributed by atoms with Gasteiger partial charge in [0.1, 0.15) is 12.3 Å². The van der Waals surface area contributed by atoms with Crippen LogP contribution in [0.2, 0.25) is 0 Å². The van der Waals surface area contributed by atoms with E-state index in [4.69, 9.17) is 9.79 Å². The molecule has 118 valence electrons. The highest BCUT2D eigenvalue weighted by molar-refractivity contribution is 7.58. The van der Waals surface area contributed by atoms with Crippen LogP contribution in [0.5, 0.6) is 0 Å². The summed E-state index contributed by atoms with van der Waals surface area (Å²) in [7, 11) is -3.59. The van der Waals surface area contributed by atoms with Crippen molar-refractivity contribution in [1.29, 1.82) is 5.26 Å². The fraction of sp³-hybridized carbons (Fsp3) is 0.429. The van der Waals surface area contributed by atoms with Crippen LogP contribution in [0.1, 0.15) is 18.4 Å². The predicted molar refractivity (Wildman–Crippen MR) is 79.0 cm³/mol. The van der Waals surface area contributed by atoms with E-state index in [1.54, 1.807) is 6.07 Å². The number of benzene rings is 1. The van der Waals surface area contributed by atoms with Gasteiger partial charge in [-0.25, -0.2) is 10.2 Å². The van der Waals surface area contributed by atoms with Crippen molar-refractivity contribution >= 4 is 13.4 Å². The topological polar surface area (TPSA) is 103 Å². The highest BCUT2D eigenvalue weighted by Crippen LogP contribution is 2.51. The van der Waals surface area contributed by atoms with Gasteiger partial charge in [0, 0.05) is 13.1 Å². The molecule has 1 aliphatic rings. The summed E-state index contributed by atoms with van der Waals surface area (Å²) in [6.45, 7) is 0.0826. The molecule has 0 aromatic heterocycles. The Bertz CT molecular complexity index is 602. The van der Waals surface area contributed by atoms with Crippen molar-refractivity contribution in [2.24, 2.45) is 0 Å². The lowest BCUT2D eigenvalue weighted by Crippen LogP contribution is -2.44. The average Bonchev–Trinajstić information content (AvgIpc) is 2.54. The summed E-state index contributed by atoms with van der Waals surface area (Å²) in [4.78, 5) is 12.0. The zero-order valence-corrected chi connectivity index (χ0v) is 12.9. The van der Waals surface area contributed by atoms with Gasteiger partial charge in [-0.15, -0.1) is 0 Å². The van der Waals surface area contributed by atoms with E-state index >= 15 is 0 Å². The fourth-order valence-corrected chi connectivity index (χ4v) is 4.41. The first-order valence-corrected chi connectivity index (χ1v) is 8.67. The molecular formula is C14H18N3O4P. The molecule has 2 rings (SSSR count). The minimum absolute atomic E-state index is 0.215. The first-order chi connectivity index (χ1) is 10.6. The second-order valence-corrected chi connectivity index (χ2v) is 7.36. The standard InChI is InChI=1S/C14H18N3O4P/c15-8-10-21-22(20,13-7-4-9-17(19)14(13)18)16-11-12-5-2-1-3-6-12/h1-3,5-6,13,19H,4,7,9-11H2,(H,16,20). The lowest BCUT2D eigenvalue weighted by Gasteiger charge is -2.32. The summed E-state index contributed by atoms with van der Waals surface area (Å²) in [5.74, 6) is -0.631. The van der Waals surface area contributed by atoms with Gasteiger partial charge in [-0.05, 0) is 18.4 Å². The molecule has 1 saturated heterocycles. The van der Waals surface area contributed by atoms with E-state index in [0.717, 1.165) is 5.56 Å². The van der Waals surface area contributed by atoms with Gasteiger partial charge in [0.2, 0.25) is 0 Å². The lowest BCUT2D eigenvalue weighted by molar-refractivity contribution is -0.169. The Kier molecular flexibility index (Phi) is 5.69. The van der Waals surface area contributed by atoms with Crippen molar-refractivity contribution in [1.82, 2.24) is 10.2 Å². The van der Waals surface area contributed by atoms with Crippen molar-refractivity contribution in [3.63, 3.8) is 0 Å². The van der Waals surface area contributed by atoms with Crippen LogP contribution in [0, 0.1) is 11.3 Å². The normalized spacial score (nSPS) is 21.2. The zero-order chi connectivity index (χ0) is 16.0. The largest absolute Gasteiger partial charge is 0.302 e. The molecule has 0 spiro atoms. The Hall–Kier alpha value is -1.71. The SMILES string of the molecule is N#CCOP(=O)(NCc1ccccc1)C1CCCN(O)C1=O. The number of amides is 1. The third-order valence-electron chi connectivity index (χ3n) is 3.46. The molecule has 1 aromatic carbocycles. The minimum Gasteiger partial charge on any atom is -0.302 e. The van der Waals surface area contributed by atoms with Gasteiger partial charge in [0.25, 0.3) is 13.4 Å². The van der Waals surface area contributed by atoms with Gasteiger partial charge in [-0.3, -0.25) is 14.6 Å². The number of carbonyl (C=O) groups excluding carboxylic acids is 1. The lowest BCUT2D eigenvalue weighted by atomic mass is 10.1. The number of hydrogen-bond donors (Lipinski definition) is 2. The number of hydrogen-bond acceptors (Lipinski definition) is 5. The number of carbonyl (C=O) groups is 1. The fourth-order valence-electron chi connectivity index (χ4n) is 2.32. The molecule has 0 bridgehead atoms. The molecule has 22 heavy (non-hydrogen) atoms. The van der Waals surface area contributed by atoms with Gasteiger partial charge in [0.15, 0.2) is 0 Å². The molecule has 1 amide bonds. The molecule has 2 N–H and O–H groups in total. The molecule has 8 heteroatoms. The summed E-state index contributed by atoms with van der Waals surface area (Å²) in [5.41, 5.74) is -0.0873. The minimum atomic E-state index is -3.59. The Morgan fingerprint density at radius 3 is 2.86 bits per heavy atom. The van der Waals surface area contributed by atoms with Crippen molar-refractivity contribution < 1.29 is 19.1 Å². The maximum absolute atomic E-state index is 13.0. The summed E-state index contributed by atoms with van der Waals surface area (Å²) in [6, 6.07) is 11.0. The Morgan fingerprint density at radius 1 is 1.45 bits per heavy atom. The van der Waals surface area contributed by atoms with E-state index in [-0.39, 0.29) is 19.7 Å². The molecule has 7 nitrogen and oxygen atoms in total. The molecule has 0 aliphatic carbocycles. The van der Waals surface area contributed by atoms with Crippen molar-refractivity contribution in [2.45, 2.75) is 25.0 Å². The van der Waals surface area contributed by atoms with Crippen LogP contribution in [0.3, 0.4) is 0 Å². The molecule has 1 aromatic rings. The third kappa shape index (κ3) is 3.93. The van der Waals surface area contributed by atoms with Crippen molar-refractivity contribution in [3.05, 3.63) is 35.9 Å². The predicted octanol–water partition coefficient (Wildman–Crippen LogP) is 1.89. The molecule has 2 unspecified atom stereocenters. The molecular weight excluding hydrogens is 305 g/mol. The van der Waals surface area contributed by atoms with Crippen molar-refractivity contribution in [2.75, 3.05) is 13.2 Å². The number of nitrogens with one attached hydrogen (secondary N) is 1. The van der Waals surface area contributed by atoms with Gasteiger partial charge in [-0.2, -0.15) is 5.26 Å². The summed E-state index contributed by atoms with van der Waals surface area (Å²) in [6.07, 6.45) is 0.875. The van der Waals surface area contributed by atoms with Crippen molar-refractivity contribution in [3.8, 4) is 6.07 Å². The van der Waals surface area contributed by atoms with Gasteiger partial charge in [-0.1, -0.05) is 30.3 Å². The Labute approximate surface area is 129 Å². The first kappa shape index (κ1) is 16.7. The summed E-state index contributed by atoms with van der Waals surface area (Å²) >= 11 is 0. The smallest absolute Gasteiger partial charge is 0.283 e. The average molecular weight is 323 g/mol. The quantitative estimate of drug-likeness (QED) is 0.612. The summed E-state index contributed by atoms with van der Waals surface area (Å²) < 4.78 is 18.2. The number of nitriles is 1. The van der Waals surface area contributed by atoms with Gasteiger partial charge >= 0.3 is 0 Å². The van der Waals surface area contributed by atoms with E-state index in [1.807, 2.05) is 30.3 Å². The van der Waals surface area contributed by atoms with E-state index in [2.05, 4.69) is 5.09 Å². The van der Waals surface area contributed by atoms with Crippen LogP contribution in [-0.2, 0) is 20.4 Å². The maximum Gasteiger partial charge on any atom is 0.283 e. The number of nitrogens with zero attached hydrogens (tertiary/aromatic N) is 2. The highest BCUT2D eigenvalue weighted by Gasteiger charge is 2.43. The molecule has 1 heterocycles. The first-order valence-electron chi connectivity index (χ1n) is 6.97. The van der Waals surface area contributed by atoms with Gasteiger partial charge < -0.3 is 4.52 Å². The van der Waals surface area contributed by atoms with E-state index in [1.165, 1.54) is 0 Å². The number of hydroxylamine groups is 2. The molecule has 1 aliphatic heterocycles. The zero-order valence-electron chi connectivity index (χ0n) is 12.0. The second-order valence-electron chi connectivity index (χ2n) is 4.97. The van der Waals surface area contributed by atoms with Crippen LogP contribution in [0.4, 0.5) is 0 Å². The van der Waals surface area contributed by atoms with Gasteiger partial charge in [0.05, 0.1) is 6.07 Å². The Morgan fingerprint density at radius 2 is 2.18 bits per heavy atom. The van der Waals surface area contributed by atoms with E-state index in [9.17, 15) is 14.6 Å². The molecule has 0 radical (unpaired) electrons. The maximum atomic E-state index is 13.0. The van der Waals surface area contributed by atoms with E-state index < -0.39 is 19.1 Å². The highest BCUT2D eigenvalue weighted by atomic mass is 31.2. The van der Waals surface area contributed by atoms with Crippen LogP contribution in [-0.4, -0.2) is 35.0 Å². The summed E-state index contributed by atoms with van der Waals surface area (Å²) in [5, 5.41) is 21.6. The second kappa shape index (κ2) is 7.52. The third-order valence-corrected chi connectivity index (χ3v) is 5.88. The van der Waals surface area contributed by atoms with E-state index in [0.29, 0.717) is 17.9 Å². The number of piperidine rings is 1. The van der Waals surface area contributed by atoms with Crippen LogP contribution in [0.25, 0.3) is 0 Å². The molecule has 1 fully saturated rings. The number of rotatable bonds is 6. The Balaban J connectivity index is 2.14. The van der Waals surface area contributed by atoms with Crippen LogP contribution >= 0.6 is 7.52 Å². The molecule has 0 saturated carbocycles. The van der Waals surface area contributed by atoms with Crippen LogP contribution < -0.4 is 5.09 Å².